The van der Waals surface area contributed by atoms with Gasteiger partial charge in [-0.2, -0.15) is 0 Å². The Morgan fingerprint density at radius 2 is 1.60 bits per heavy atom. The first-order chi connectivity index (χ1) is 16.5. The fraction of sp³-hybridized carbons (Fsp3) is 0.783. The minimum absolute atomic E-state index is 0.107. The van der Waals surface area contributed by atoms with E-state index in [4.69, 9.17) is 23.4 Å². The molecule has 2 saturated heterocycles. The maximum absolute atomic E-state index is 7.35. The standard InChI is InChI=1S/C23H41N5O4SeSi2/c1-13(2)34(14(3)4)29-10-17-19(31-35(32-34,15(5)6)16(7)8)20(33-9)23(30-17)28-12-27-18-21(24)25-11-26-22(18)28/h11-17,19-20,23H,10H2,1-9H3,(H2,24,25,26)/t17-,19+,20?,23-/m1/s1. The van der Waals surface area contributed by atoms with Gasteiger partial charge in [0.1, 0.15) is 0 Å². The normalized spacial score (nSPS) is 28.7. The number of nitrogens with two attached hydrogens (primary N) is 1. The Hall–Kier alpha value is -0.857. The summed E-state index contributed by atoms with van der Waals surface area (Å²) in [5, 5.41) is 0. The molecule has 4 rings (SSSR count). The Morgan fingerprint density at radius 1 is 0.971 bits per heavy atom. The average Bonchev–Trinajstić information content (AvgIpc) is 3.34. The van der Waals surface area contributed by atoms with Crippen molar-refractivity contribution in [2.75, 3.05) is 12.3 Å². The van der Waals surface area contributed by atoms with Gasteiger partial charge in [-0.15, -0.1) is 0 Å². The molecule has 0 radical (unpaired) electrons. The number of ether oxygens (including phenoxy) is 1. The molecular formula is C23H41N5O4SeSi2. The summed E-state index contributed by atoms with van der Waals surface area (Å²) in [6.07, 6.45) is 2.71. The van der Waals surface area contributed by atoms with Crippen LogP contribution in [0.25, 0.3) is 11.2 Å². The number of hydrogen-bond acceptors (Lipinski definition) is 8. The second-order valence-corrected chi connectivity index (χ2v) is 21.9. The molecule has 35 heavy (non-hydrogen) atoms. The van der Waals surface area contributed by atoms with Crippen molar-refractivity contribution < 1.29 is 17.7 Å². The first kappa shape index (κ1) is 27.2. The number of fused-ring (bicyclic) bond motifs is 2. The first-order valence-corrected chi connectivity index (χ1v) is 19.3. The first-order valence-electron chi connectivity index (χ1n) is 12.6. The van der Waals surface area contributed by atoms with Crippen LogP contribution in [0.15, 0.2) is 12.7 Å². The van der Waals surface area contributed by atoms with Crippen molar-refractivity contribution >= 4 is 49.1 Å². The van der Waals surface area contributed by atoms with E-state index in [1.807, 2.05) is 4.57 Å². The van der Waals surface area contributed by atoms with Gasteiger partial charge in [0.15, 0.2) is 0 Å². The van der Waals surface area contributed by atoms with Gasteiger partial charge < -0.3 is 0 Å². The van der Waals surface area contributed by atoms with Gasteiger partial charge in [0.2, 0.25) is 0 Å². The van der Waals surface area contributed by atoms with Gasteiger partial charge in [-0.05, 0) is 0 Å². The Labute approximate surface area is 217 Å². The van der Waals surface area contributed by atoms with Crippen molar-refractivity contribution in [2.45, 2.75) is 107 Å². The van der Waals surface area contributed by atoms with Crippen molar-refractivity contribution in [3.63, 3.8) is 0 Å². The summed E-state index contributed by atoms with van der Waals surface area (Å²) in [5.41, 5.74) is 8.51. The second kappa shape index (κ2) is 10.1. The van der Waals surface area contributed by atoms with Crippen molar-refractivity contribution in [3.05, 3.63) is 12.7 Å². The van der Waals surface area contributed by atoms with E-state index in [1.54, 1.807) is 6.33 Å². The van der Waals surface area contributed by atoms with Crippen LogP contribution in [0.4, 0.5) is 5.82 Å². The van der Waals surface area contributed by atoms with E-state index in [2.05, 4.69) is 76.2 Å². The second-order valence-electron chi connectivity index (χ2n) is 10.9. The maximum atomic E-state index is 7.35. The fourth-order valence-corrected chi connectivity index (χ4v) is 19.0. The number of aromatic nitrogens is 4. The molecule has 12 heteroatoms. The third-order valence-electron chi connectivity index (χ3n) is 7.55. The van der Waals surface area contributed by atoms with E-state index < -0.39 is 17.1 Å². The number of imidazole rings is 1. The molecule has 0 spiro atoms. The van der Waals surface area contributed by atoms with Crippen LogP contribution in [0.2, 0.25) is 32.8 Å². The third kappa shape index (κ3) is 4.43. The van der Waals surface area contributed by atoms with Crippen LogP contribution in [-0.4, -0.2) is 70.4 Å². The summed E-state index contributed by atoms with van der Waals surface area (Å²) in [6.45, 7) is 18.5. The molecule has 2 aromatic heterocycles. The molecule has 9 nitrogen and oxygen atoms in total. The summed E-state index contributed by atoms with van der Waals surface area (Å²) in [7, 11) is -5.31. The van der Waals surface area contributed by atoms with Crippen molar-refractivity contribution in [3.8, 4) is 0 Å². The van der Waals surface area contributed by atoms with Crippen LogP contribution in [-0.2, 0) is 17.7 Å². The number of nitrogens with zero attached hydrogens (tertiary/aromatic N) is 4. The zero-order valence-corrected chi connectivity index (χ0v) is 26.1. The molecule has 2 aliphatic rings. The summed E-state index contributed by atoms with van der Waals surface area (Å²) < 4.78 is 30.4. The molecule has 0 aliphatic carbocycles. The molecule has 2 N–H and O–H groups in total. The molecule has 0 bridgehead atoms. The molecule has 0 amide bonds. The van der Waals surface area contributed by atoms with Crippen LogP contribution < -0.4 is 5.73 Å². The summed E-state index contributed by atoms with van der Waals surface area (Å²) in [4.78, 5) is 13.2. The van der Waals surface area contributed by atoms with E-state index in [9.17, 15) is 0 Å². The molecule has 0 saturated carbocycles. The van der Waals surface area contributed by atoms with E-state index >= 15 is 0 Å². The molecule has 1 unspecified atom stereocenters. The molecule has 4 atom stereocenters. The summed E-state index contributed by atoms with van der Waals surface area (Å²) >= 11 is 0.233. The Bertz CT molecular complexity index is 1020. The van der Waals surface area contributed by atoms with Crippen LogP contribution >= 0.6 is 0 Å². The van der Waals surface area contributed by atoms with Crippen molar-refractivity contribution in [1.29, 1.82) is 0 Å². The third-order valence-corrected chi connectivity index (χ3v) is 20.0. The van der Waals surface area contributed by atoms with Gasteiger partial charge in [-0.1, -0.05) is 0 Å². The summed E-state index contributed by atoms with van der Waals surface area (Å²) in [6, 6.07) is 0. The van der Waals surface area contributed by atoms with E-state index in [1.165, 1.54) is 6.33 Å². The quantitative estimate of drug-likeness (QED) is 0.481. The van der Waals surface area contributed by atoms with Gasteiger partial charge in [-0.25, -0.2) is 0 Å². The molecule has 2 aromatic rings. The van der Waals surface area contributed by atoms with Gasteiger partial charge in [0.25, 0.3) is 0 Å². The number of rotatable bonds is 6. The number of anilines is 1. The van der Waals surface area contributed by atoms with E-state index in [0.717, 1.165) is 0 Å². The Balaban J connectivity index is 1.80. The molecular weight excluding hydrogens is 545 g/mol. The zero-order chi connectivity index (χ0) is 25.7. The molecule has 0 aromatic carbocycles. The topological polar surface area (TPSA) is 107 Å². The zero-order valence-electron chi connectivity index (χ0n) is 22.4. The summed E-state index contributed by atoms with van der Waals surface area (Å²) in [5.74, 6) is 2.62. The van der Waals surface area contributed by atoms with Gasteiger partial charge in [0, 0.05) is 0 Å². The van der Waals surface area contributed by atoms with Gasteiger partial charge in [-0.3, -0.25) is 0 Å². The predicted molar refractivity (Wildman–Crippen MR) is 143 cm³/mol. The fourth-order valence-electron chi connectivity index (χ4n) is 5.65. The van der Waals surface area contributed by atoms with Crippen LogP contribution in [0, 0.1) is 0 Å². The number of hydrogen-bond donors (Lipinski definition) is 1. The minimum atomic E-state index is -2.71. The van der Waals surface area contributed by atoms with Crippen molar-refractivity contribution in [2.24, 2.45) is 0 Å². The molecule has 196 valence electrons. The van der Waals surface area contributed by atoms with E-state index in [-0.39, 0.29) is 49.3 Å². The number of nitrogen functional groups attached to an aromatic ring is 1. The average molecular weight is 587 g/mol. The van der Waals surface area contributed by atoms with Gasteiger partial charge >= 0.3 is 218 Å². The monoisotopic (exact) mass is 587 g/mol. The SMILES string of the molecule is C[Se]C1[C@H]2O[Si](C(C)C)(C(C)C)O[Si](C(C)C)(C(C)C)OC[C@H]2O[C@H]1n1cnc2c(N)ncnc21. The Kier molecular flexibility index (Phi) is 7.87. The Morgan fingerprint density at radius 3 is 2.17 bits per heavy atom. The molecule has 4 heterocycles. The van der Waals surface area contributed by atoms with Crippen LogP contribution in [0.3, 0.4) is 0 Å². The van der Waals surface area contributed by atoms with Crippen molar-refractivity contribution in [1.82, 2.24) is 19.5 Å². The van der Waals surface area contributed by atoms with Crippen LogP contribution in [0.1, 0.15) is 61.6 Å². The molecule has 2 fully saturated rings. The van der Waals surface area contributed by atoms with Gasteiger partial charge in [0.05, 0.1) is 0 Å². The molecule has 2 aliphatic heterocycles. The van der Waals surface area contributed by atoms with Crippen LogP contribution in [0.5, 0.6) is 0 Å². The predicted octanol–water partition coefficient (Wildman–Crippen LogP) is 4.80. The van der Waals surface area contributed by atoms with E-state index in [0.29, 0.717) is 34.7 Å².